The Morgan fingerprint density at radius 1 is 1.06 bits per heavy atom. The van der Waals surface area contributed by atoms with Gasteiger partial charge in [-0.3, -0.25) is 0 Å². The van der Waals surface area contributed by atoms with Crippen LogP contribution >= 0.6 is 0 Å². The smallest absolute Gasteiger partial charge is 0.318 e. The van der Waals surface area contributed by atoms with Crippen LogP contribution in [-0.4, -0.2) is 48.6 Å². The molecule has 1 aliphatic rings. The normalized spacial score (nSPS) is 15.1. The van der Waals surface area contributed by atoms with Crippen molar-refractivity contribution in [2.24, 2.45) is 5.92 Å². The van der Waals surface area contributed by atoms with E-state index in [9.17, 15) is 9.18 Å². The summed E-state index contributed by atoms with van der Waals surface area (Å²) in [7, 11) is 2.10. The highest BCUT2D eigenvalue weighted by molar-refractivity contribution is 5.74. The first kappa shape index (κ1) is 23.1. The molecule has 0 bridgehead atoms. The molecule has 31 heavy (non-hydrogen) atoms. The fourth-order valence-corrected chi connectivity index (χ4v) is 3.60. The Hall–Kier alpha value is -2.60. The Bertz CT molecular complexity index is 816. The molecule has 1 heterocycles. The van der Waals surface area contributed by atoms with E-state index in [1.54, 1.807) is 17.0 Å². The summed E-state index contributed by atoms with van der Waals surface area (Å²) in [4.78, 5) is 17.2. The number of benzene rings is 2. The molecule has 0 aliphatic carbocycles. The van der Waals surface area contributed by atoms with Crippen molar-refractivity contribution >= 4 is 6.03 Å². The number of rotatable bonds is 8. The van der Waals surface area contributed by atoms with Crippen LogP contribution in [0.15, 0.2) is 48.5 Å². The topological polar surface area (TPSA) is 44.8 Å². The minimum absolute atomic E-state index is 0.0842. The van der Waals surface area contributed by atoms with Gasteiger partial charge in [-0.2, -0.15) is 0 Å². The fraction of sp³-hybridized carbons (Fsp3) is 0.480. The van der Waals surface area contributed by atoms with Gasteiger partial charge in [0.1, 0.15) is 11.6 Å². The van der Waals surface area contributed by atoms with E-state index in [2.05, 4.69) is 31.1 Å². The van der Waals surface area contributed by atoms with Gasteiger partial charge in [-0.15, -0.1) is 0 Å². The summed E-state index contributed by atoms with van der Waals surface area (Å²) in [6.07, 6.45) is 1.91. The molecule has 3 rings (SSSR count). The third-order valence-corrected chi connectivity index (χ3v) is 5.50. The van der Waals surface area contributed by atoms with E-state index < -0.39 is 0 Å². The fourth-order valence-electron chi connectivity index (χ4n) is 3.60. The van der Waals surface area contributed by atoms with Crippen molar-refractivity contribution in [3.63, 3.8) is 0 Å². The van der Waals surface area contributed by atoms with Crippen molar-refractivity contribution in [1.82, 2.24) is 15.1 Å². The van der Waals surface area contributed by atoms with Gasteiger partial charge < -0.3 is 19.9 Å². The number of urea groups is 1. The second kappa shape index (κ2) is 11.1. The lowest BCUT2D eigenvalue weighted by Crippen LogP contribution is -2.48. The number of carbonyl (C=O) groups is 1. The molecule has 1 saturated heterocycles. The van der Waals surface area contributed by atoms with E-state index in [0.717, 1.165) is 42.8 Å². The monoisotopic (exact) mass is 427 g/mol. The Labute approximate surface area is 185 Å². The molecule has 0 atom stereocenters. The zero-order chi connectivity index (χ0) is 22.2. The lowest BCUT2D eigenvalue weighted by atomic mass is 10.1. The van der Waals surface area contributed by atoms with Gasteiger partial charge in [0.15, 0.2) is 0 Å². The predicted molar refractivity (Wildman–Crippen MR) is 121 cm³/mol. The van der Waals surface area contributed by atoms with Gasteiger partial charge in [0.25, 0.3) is 0 Å². The summed E-state index contributed by atoms with van der Waals surface area (Å²) in [5, 5.41) is 3.20. The highest BCUT2D eigenvalue weighted by atomic mass is 19.1. The third kappa shape index (κ3) is 7.55. The lowest BCUT2D eigenvalue weighted by Gasteiger charge is -2.32. The SMILES string of the molecule is CC(C)COc1ccc(CN(Cc2ccc(F)cc2)C(=O)NC2CCN(C)CC2)cc1. The molecule has 0 spiro atoms. The van der Waals surface area contributed by atoms with Crippen molar-refractivity contribution in [3.8, 4) is 5.75 Å². The first-order chi connectivity index (χ1) is 14.9. The van der Waals surface area contributed by atoms with Gasteiger partial charge in [-0.05, 0) is 74.3 Å². The molecular weight excluding hydrogens is 393 g/mol. The van der Waals surface area contributed by atoms with Gasteiger partial charge in [0, 0.05) is 19.1 Å². The summed E-state index contributed by atoms with van der Waals surface area (Å²) >= 11 is 0. The molecule has 1 aliphatic heterocycles. The molecule has 2 amide bonds. The van der Waals surface area contributed by atoms with Crippen LogP contribution in [0.1, 0.15) is 37.8 Å². The highest BCUT2D eigenvalue weighted by Gasteiger charge is 2.22. The maximum atomic E-state index is 13.3. The number of halogens is 1. The number of piperidine rings is 1. The number of carbonyl (C=O) groups excluding carboxylic acids is 1. The molecule has 1 fully saturated rings. The molecule has 6 heteroatoms. The van der Waals surface area contributed by atoms with Crippen molar-refractivity contribution < 1.29 is 13.9 Å². The Morgan fingerprint density at radius 2 is 1.61 bits per heavy atom. The van der Waals surface area contributed by atoms with Crippen molar-refractivity contribution in [2.45, 2.75) is 45.8 Å². The maximum Gasteiger partial charge on any atom is 0.318 e. The number of hydrogen-bond donors (Lipinski definition) is 1. The molecule has 2 aromatic carbocycles. The van der Waals surface area contributed by atoms with Crippen LogP contribution < -0.4 is 10.1 Å². The number of ether oxygens (including phenoxy) is 1. The van der Waals surface area contributed by atoms with Gasteiger partial charge >= 0.3 is 6.03 Å². The summed E-state index contributed by atoms with van der Waals surface area (Å²) in [6, 6.07) is 14.3. The van der Waals surface area contributed by atoms with Crippen LogP contribution in [0.2, 0.25) is 0 Å². The molecule has 0 saturated carbocycles. The maximum absolute atomic E-state index is 13.3. The molecule has 5 nitrogen and oxygen atoms in total. The van der Waals surface area contributed by atoms with E-state index in [1.807, 2.05) is 24.3 Å². The summed E-state index contributed by atoms with van der Waals surface area (Å²) < 4.78 is 19.1. The molecular formula is C25H34FN3O2. The van der Waals surface area contributed by atoms with Crippen LogP contribution in [0.5, 0.6) is 5.75 Å². The standard InChI is InChI=1S/C25H34FN3O2/c1-19(2)18-31-24-10-6-21(7-11-24)17-29(16-20-4-8-22(26)9-5-20)25(30)27-23-12-14-28(3)15-13-23/h4-11,19,23H,12-18H2,1-3H3,(H,27,30). The summed E-state index contributed by atoms with van der Waals surface area (Å²) in [6.45, 7) is 7.77. The van der Waals surface area contributed by atoms with Crippen molar-refractivity contribution in [1.29, 1.82) is 0 Å². The van der Waals surface area contributed by atoms with Crippen LogP contribution in [-0.2, 0) is 13.1 Å². The minimum Gasteiger partial charge on any atom is -0.493 e. The third-order valence-electron chi connectivity index (χ3n) is 5.50. The number of hydrogen-bond acceptors (Lipinski definition) is 3. The zero-order valence-electron chi connectivity index (χ0n) is 18.8. The van der Waals surface area contributed by atoms with E-state index in [-0.39, 0.29) is 17.9 Å². The predicted octanol–water partition coefficient (Wildman–Crippen LogP) is 4.67. The average Bonchev–Trinajstić information content (AvgIpc) is 2.76. The number of likely N-dealkylation sites (tertiary alicyclic amines) is 1. The second-order valence-electron chi connectivity index (χ2n) is 8.86. The van der Waals surface area contributed by atoms with Crippen LogP contribution in [0.25, 0.3) is 0 Å². The van der Waals surface area contributed by atoms with Crippen molar-refractivity contribution in [2.75, 3.05) is 26.7 Å². The van der Waals surface area contributed by atoms with Crippen LogP contribution in [0.3, 0.4) is 0 Å². The largest absolute Gasteiger partial charge is 0.493 e. The van der Waals surface area contributed by atoms with E-state index in [4.69, 9.17) is 4.74 Å². The number of nitrogens with one attached hydrogen (secondary N) is 1. The molecule has 2 aromatic rings. The first-order valence-corrected chi connectivity index (χ1v) is 11.1. The van der Waals surface area contributed by atoms with Gasteiger partial charge in [0.05, 0.1) is 6.61 Å². The number of amides is 2. The van der Waals surface area contributed by atoms with Crippen LogP contribution in [0, 0.1) is 11.7 Å². The molecule has 168 valence electrons. The lowest BCUT2D eigenvalue weighted by molar-refractivity contribution is 0.176. The van der Waals surface area contributed by atoms with Gasteiger partial charge in [-0.25, -0.2) is 9.18 Å². The highest BCUT2D eigenvalue weighted by Crippen LogP contribution is 2.17. The first-order valence-electron chi connectivity index (χ1n) is 11.1. The average molecular weight is 428 g/mol. The van der Waals surface area contributed by atoms with Gasteiger partial charge in [0.2, 0.25) is 0 Å². The quantitative estimate of drug-likeness (QED) is 0.666. The Morgan fingerprint density at radius 3 is 2.16 bits per heavy atom. The zero-order valence-corrected chi connectivity index (χ0v) is 18.8. The molecule has 0 unspecified atom stereocenters. The van der Waals surface area contributed by atoms with E-state index in [0.29, 0.717) is 25.6 Å². The van der Waals surface area contributed by atoms with Crippen molar-refractivity contribution in [3.05, 3.63) is 65.5 Å². The molecule has 1 N–H and O–H groups in total. The number of nitrogens with zero attached hydrogens (tertiary/aromatic N) is 2. The second-order valence-corrected chi connectivity index (χ2v) is 8.86. The van der Waals surface area contributed by atoms with E-state index in [1.165, 1.54) is 12.1 Å². The van der Waals surface area contributed by atoms with Crippen LogP contribution in [0.4, 0.5) is 9.18 Å². The minimum atomic E-state index is -0.275. The molecule has 0 aromatic heterocycles. The van der Waals surface area contributed by atoms with Gasteiger partial charge in [-0.1, -0.05) is 38.1 Å². The summed E-state index contributed by atoms with van der Waals surface area (Å²) in [5.74, 6) is 1.02. The summed E-state index contributed by atoms with van der Waals surface area (Å²) in [5.41, 5.74) is 1.93. The molecule has 0 radical (unpaired) electrons. The Kier molecular flexibility index (Phi) is 8.29. The van der Waals surface area contributed by atoms with E-state index >= 15 is 0 Å². The Balaban J connectivity index is 1.67.